The minimum absolute atomic E-state index is 0.0518. The van der Waals surface area contributed by atoms with Gasteiger partial charge in [-0.1, -0.05) is 36.4 Å². The molecule has 5 nitrogen and oxygen atoms in total. The fraction of sp³-hybridized carbons (Fsp3) is 0.0667. The van der Waals surface area contributed by atoms with E-state index in [0.717, 1.165) is 27.9 Å². The number of pyridine rings is 2. The number of hydrogen-bond acceptors (Lipinski definition) is 5. The predicted molar refractivity (Wildman–Crippen MR) is 141 cm³/mol. The molecule has 3 N–H and O–H groups in total. The molecule has 0 radical (unpaired) electrons. The average molecular weight is 458 g/mol. The van der Waals surface area contributed by atoms with E-state index < -0.39 is 0 Å². The first-order chi connectivity index (χ1) is 17.2. The molecular formula is C30H23N3O2. The van der Waals surface area contributed by atoms with Gasteiger partial charge in [0.15, 0.2) is 0 Å². The Labute approximate surface area is 202 Å². The first kappa shape index (κ1) is 21.1. The number of ether oxygens (including phenoxy) is 1. The lowest BCUT2D eigenvalue weighted by Gasteiger charge is -2.14. The third kappa shape index (κ3) is 3.82. The number of nitrogens with zero attached hydrogens (tertiary/aromatic N) is 2. The van der Waals surface area contributed by atoms with Crippen molar-refractivity contribution < 1.29 is 9.84 Å². The topological polar surface area (TPSA) is 81.3 Å². The fourth-order valence-electron chi connectivity index (χ4n) is 4.73. The van der Waals surface area contributed by atoms with Crippen LogP contribution in [0.1, 0.15) is 11.4 Å². The molecule has 2 heterocycles. The van der Waals surface area contributed by atoms with Crippen LogP contribution >= 0.6 is 0 Å². The molecule has 0 saturated carbocycles. The summed E-state index contributed by atoms with van der Waals surface area (Å²) in [6.45, 7) is 0.335. The van der Waals surface area contributed by atoms with Crippen LogP contribution in [0.5, 0.6) is 0 Å². The highest BCUT2D eigenvalue weighted by Gasteiger charge is 2.12. The van der Waals surface area contributed by atoms with Crippen LogP contribution in [0.2, 0.25) is 0 Å². The van der Waals surface area contributed by atoms with Crippen molar-refractivity contribution >= 4 is 32.3 Å². The zero-order chi connectivity index (χ0) is 23.8. The zero-order valence-electron chi connectivity index (χ0n) is 19.0. The van der Waals surface area contributed by atoms with E-state index in [2.05, 4.69) is 64.6 Å². The van der Waals surface area contributed by atoms with E-state index in [1.54, 1.807) is 0 Å². The largest absolute Gasteiger partial charge is 0.493 e. The van der Waals surface area contributed by atoms with Crippen LogP contribution < -0.4 is 5.73 Å². The van der Waals surface area contributed by atoms with Crippen LogP contribution in [0.25, 0.3) is 54.6 Å². The Morgan fingerprint density at radius 1 is 0.657 bits per heavy atom. The maximum atomic E-state index is 9.29. The molecule has 0 saturated heterocycles. The summed E-state index contributed by atoms with van der Waals surface area (Å²) in [7, 11) is 0. The van der Waals surface area contributed by atoms with Crippen LogP contribution in [0.3, 0.4) is 0 Å². The van der Waals surface area contributed by atoms with Crippen LogP contribution in [0.15, 0.2) is 97.7 Å². The molecule has 0 fully saturated rings. The van der Waals surface area contributed by atoms with Crippen molar-refractivity contribution in [3.05, 3.63) is 109 Å². The Morgan fingerprint density at radius 3 is 1.54 bits per heavy atom. The number of hydrogen-bond donors (Lipinski definition) is 2. The third-order valence-electron chi connectivity index (χ3n) is 6.42. The molecule has 170 valence electrons. The SMILES string of the molecule is N/C=C\OCc1ccc(-c2cc3ccc4cc(-c5ccc(CO)nc5)cc5ccc(c2)c3c45)cn1. The zero-order valence-corrected chi connectivity index (χ0v) is 19.0. The maximum absolute atomic E-state index is 9.29. The van der Waals surface area contributed by atoms with E-state index in [0.29, 0.717) is 12.3 Å². The molecular weight excluding hydrogens is 434 g/mol. The van der Waals surface area contributed by atoms with E-state index in [9.17, 15) is 5.11 Å². The molecule has 0 atom stereocenters. The Hall–Kier alpha value is -4.48. The quantitative estimate of drug-likeness (QED) is 0.232. The van der Waals surface area contributed by atoms with Crippen molar-refractivity contribution in [1.29, 1.82) is 0 Å². The number of nitrogens with two attached hydrogens (primary N) is 1. The molecule has 0 aliphatic rings. The Balaban J connectivity index is 1.42. The van der Waals surface area contributed by atoms with Gasteiger partial charge in [-0.15, -0.1) is 0 Å². The number of benzene rings is 4. The van der Waals surface area contributed by atoms with Gasteiger partial charge in [-0.2, -0.15) is 0 Å². The highest BCUT2D eigenvalue weighted by molar-refractivity contribution is 6.24. The van der Waals surface area contributed by atoms with Crippen LogP contribution in [0.4, 0.5) is 0 Å². The summed E-state index contributed by atoms with van der Waals surface area (Å²) in [5, 5.41) is 16.6. The van der Waals surface area contributed by atoms with Gasteiger partial charge in [0, 0.05) is 29.7 Å². The molecule has 0 aliphatic heterocycles. The molecule has 0 amide bonds. The molecule has 4 aromatic carbocycles. The molecule has 6 rings (SSSR count). The summed E-state index contributed by atoms with van der Waals surface area (Å²) < 4.78 is 5.31. The number of aliphatic hydroxyl groups is 1. The lowest BCUT2D eigenvalue weighted by Crippen LogP contribution is -1.93. The second-order valence-electron chi connectivity index (χ2n) is 8.60. The predicted octanol–water partition coefficient (Wildman–Crippen LogP) is 6.15. The van der Waals surface area contributed by atoms with E-state index in [4.69, 9.17) is 10.5 Å². The minimum atomic E-state index is -0.0518. The first-order valence-electron chi connectivity index (χ1n) is 11.5. The van der Waals surface area contributed by atoms with Gasteiger partial charge in [-0.3, -0.25) is 9.97 Å². The van der Waals surface area contributed by atoms with Crippen LogP contribution in [-0.4, -0.2) is 15.1 Å². The van der Waals surface area contributed by atoms with Crippen molar-refractivity contribution in [3.8, 4) is 22.3 Å². The number of rotatable bonds is 6. The Morgan fingerprint density at radius 2 is 1.14 bits per heavy atom. The highest BCUT2D eigenvalue weighted by Crippen LogP contribution is 2.39. The van der Waals surface area contributed by atoms with Crippen molar-refractivity contribution in [3.63, 3.8) is 0 Å². The summed E-state index contributed by atoms with van der Waals surface area (Å²) in [5.74, 6) is 0. The van der Waals surface area contributed by atoms with Gasteiger partial charge in [0.2, 0.25) is 0 Å². The van der Waals surface area contributed by atoms with Gasteiger partial charge in [0.05, 0.1) is 24.3 Å². The van der Waals surface area contributed by atoms with Crippen LogP contribution in [-0.2, 0) is 18.0 Å². The molecule has 35 heavy (non-hydrogen) atoms. The Bertz CT molecular complexity index is 1610. The lowest BCUT2D eigenvalue weighted by molar-refractivity contribution is 0.232. The average Bonchev–Trinajstić information content (AvgIpc) is 2.92. The second-order valence-corrected chi connectivity index (χ2v) is 8.60. The summed E-state index contributed by atoms with van der Waals surface area (Å²) in [4.78, 5) is 8.88. The third-order valence-corrected chi connectivity index (χ3v) is 6.42. The van der Waals surface area contributed by atoms with Gasteiger partial charge in [-0.25, -0.2) is 0 Å². The van der Waals surface area contributed by atoms with Gasteiger partial charge >= 0.3 is 0 Å². The first-order valence-corrected chi connectivity index (χ1v) is 11.5. The summed E-state index contributed by atoms with van der Waals surface area (Å²) >= 11 is 0. The van der Waals surface area contributed by atoms with Gasteiger partial charge in [0.1, 0.15) is 6.61 Å². The normalized spacial score (nSPS) is 11.8. The van der Waals surface area contributed by atoms with E-state index in [-0.39, 0.29) is 6.61 Å². The number of aromatic nitrogens is 2. The summed E-state index contributed by atoms with van der Waals surface area (Å²) in [6.07, 6.45) is 6.54. The second kappa shape index (κ2) is 8.70. The molecule has 0 aliphatic carbocycles. The molecule has 6 aromatic rings. The summed E-state index contributed by atoms with van der Waals surface area (Å²) in [5.41, 5.74) is 11.2. The monoisotopic (exact) mass is 457 g/mol. The molecule has 2 aromatic heterocycles. The number of aliphatic hydroxyl groups excluding tert-OH is 1. The van der Waals surface area contributed by atoms with Gasteiger partial charge in [0.25, 0.3) is 0 Å². The van der Waals surface area contributed by atoms with E-state index >= 15 is 0 Å². The minimum Gasteiger partial charge on any atom is -0.493 e. The van der Waals surface area contributed by atoms with Crippen molar-refractivity contribution in [2.75, 3.05) is 0 Å². The van der Waals surface area contributed by atoms with E-state index in [1.807, 2.05) is 30.6 Å². The molecule has 0 bridgehead atoms. The maximum Gasteiger partial charge on any atom is 0.129 e. The van der Waals surface area contributed by atoms with Crippen molar-refractivity contribution in [1.82, 2.24) is 9.97 Å². The van der Waals surface area contributed by atoms with Crippen molar-refractivity contribution in [2.24, 2.45) is 5.73 Å². The van der Waals surface area contributed by atoms with Crippen LogP contribution in [0, 0.1) is 0 Å². The van der Waals surface area contributed by atoms with E-state index in [1.165, 1.54) is 44.8 Å². The molecule has 0 unspecified atom stereocenters. The molecule has 5 heteroatoms. The fourth-order valence-corrected chi connectivity index (χ4v) is 4.73. The Kier molecular flexibility index (Phi) is 5.24. The lowest BCUT2D eigenvalue weighted by atomic mass is 9.90. The standard InChI is InChI=1S/C30H23N3O2/c31-9-10-35-18-28-8-6-24(16-33-28)26-13-21-3-1-19-11-25(23-5-7-27(17-34)32-15-23)12-20-2-4-22(14-26)30(21)29(19)20/h1-16,34H,17-18,31H2/b10-9-. The molecule has 0 spiro atoms. The summed E-state index contributed by atoms with van der Waals surface area (Å²) in [6, 6.07) is 25.6. The van der Waals surface area contributed by atoms with Gasteiger partial charge < -0.3 is 15.6 Å². The van der Waals surface area contributed by atoms with Gasteiger partial charge in [-0.05, 0) is 79.8 Å². The van der Waals surface area contributed by atoms with Crippen molar-refractivity contribution in [2.45, 2.75) is 13.2 Å². The smallest absolute Gasteiger partial charge is 0.129 e. The highest BCUT2D eigenvalue weighted by atomic mass is 16.5.